The average Bonchev–Trinajstić information content (AvgIpc) is 2.67. The Labute approximate surface area is 155 Å². The molecule has 0 aliphatic rings. The van der Waals surface area contributed by atoms with Crippen LogP contribution in [0.1, 0.15) is 18.1 Å². The molecule has 0 saturated carbocycles. The van der Waals surface area contributed by atoms with Crippen molar-refractivity contribution in [1.82, 2.24) is 4.31 Å². The summed E-state index contributed by atoms with van der Waals surface area (Å²) in [7, 11) is -0.495. The highest BCUT2D eigenvalue weighted by molar-refractivity contribution is 7.89. The lowest BCUT2D eigenvalue weighted by Crippen LogP contribution is -2.38. The van der Waals surface area contributed by atoms with Crippen molar-refractivity contribution in [2.45, 2.75) is 25.3 Å². The van der Waals surface area contributed by atoms with E-state index in [0.717, 1.165) is 11.1 Å². The van der Waals surface area contributed by atoms with Gasteiger partial charge in [0, 0.05) is 13.1 Å². The van der Waals surface area contributed by atoms with Gasteiger partial charge in [0.2, 0.25) is 10.0 Å². The van der Waals surface area contributed by atoms with E-state index in [-0.39, 0.29) is 13.1 Å². The molecule has 0 aromatic heterocycles. The second-order valence-electron chi connectivity index (χ2n) is 6.00. The van der Waals surface area contributed by atoms with Crippen LogP contribution in [0.3, 0.4) is 0 Å². The molecule has 142 valence electrons. The molecule has 0 fully saturated rings. The highest BCUT2D eigenvalue weighted by atomic mass is 32.2. The number of hydrogen-bond donors (Lipinski definition) is 1. The summed E-state index contributed by atoms with van der Waals surface area (Å²) in [6.45, 7) is 1.50. The molecule has 2 rings (SSSR count). The Morgan fingerprint density at radius 3 is 1.58 bits per heavy atom. The summed E-state index contributed by atoms with van der Waals surface area (Å²) in [5, 5.41) is 8.47. The van der Waals surface area contributed by atoms with E-state index in [0.29, 0.717) is 11.5 Å². The van der Waals surface area contributed by atoms with Gasteiger partial charge in [0.1, 0.15) is 11.5 Å². The van der Waals surface area contributed by atoms with Crippen molar-refractivity contribution in [3.05, 3.63) is 59.7 Å². The van der Waals surface area contributed by atoms with Crippen LogP contribution < -0.4 is 9.47 Å². The van der Waals surface area contributed by atoms with Crippen LogP contribution in [-0.4, -0.2) is 43.9 Å². The van der Waals surface area contributed by atoms with Gasteiger partial charge in [0.25, 0.3) is 0 Å². The molecule has 0 saturated heterocycles. The van der Waals surface area contributed by atoms with Gasteiger partial charge in [-0.25, -0.2) is 8.42 Å². The summed E-state index contributed by atoms with van der Waals surface area (Å²) >= 11 is 0. The van der Waals surface area contributed by atoms with Gasteiger partial charge in [-0.3, -0.25) is 0 Å². The first kappa shape index (κ1) is 20.2. The molecule has 2 aromatic rings. The third-order valence-corrected chi connectivity index (χ3v) is 6.31. The second-order valence-corrected chi connectivity index (χ2v) is 8.35. The van der Waals surface area contributed by atoms with E-state index in [1.807, 2.05) is 24.3 Å². The van der Waals surface area contributed by atoms with Crippen LogP contribution >= 0.6 is 0 Å². The zero-order chi connectivity index (χ0) is 19.2. The van der Waals surface area contributed by atoms with E-state index < -0.39 is 21.9 Å². The molecule has 1 atom stereocenters. The Kier molecular flexibility index (Phi) is 7.02. The Morgan fingerprint density at radius 2 is 1.27 bits per heavy atom. The monoisotopic (exact) mass is 379 g/mol. The highest BCUT2D eigenvalue weighted by Crippen LogP contribution is 2.21. The van der Waals surface area contributed by atoms with Crippen molar-refractivity contribution in [2.24, 2.45) is 0 Å². The van der Waals surface area contributed by atoms with Gasteiger partial charge in [-0.15, -0.1) is 0 Å². The summed E-state index contributed by atoms with van der Waals surface area (Å²) in [5.41, 5.74) is 1.68. The number of methoxy groups -OCH3 is 2. The summed E-state index contributed by atoms with van der Waals surface area (Å²) in [5.74, 6) is 1.42. The predicted octanol–water partition coefficient (Wildman–Crippen LogP) is 2.42. The summed E-state index contributed by atoms with van der Waals surface area (Å²) in [4.78, 5) is 0. The average molecular weight is 379 g/mol. The lowest BCUT2D eigenvalue weighted by molar-refractivity contribution is 0.287. The molecular formula is C19H25NO5S. The molecule has 0 heterocycles. The number of benzene rings is 2. The quantitative estimate of drug-likeness (QED) is 0.724. The van der Waals surface area contributed by atoms with Gasteiger partial charge in [-0.2, -0.15) is 4.31 Å². The number of ether oxygens (including phenoxy) is 2. The fraction of sp³-hybridized carbons (Fsp3) is 0.368. The van der Waals surface area contributed by atoms with Crippen molar-refractivity contribution in [3.8, 4) is 11.5 Å². The first-order valence-electron chi connectivity index (χ1n) is 8.26. The van der Waals surface area contributed by atoms with Crippen LogP contribution in [0.2, 0.25) is 0 Å². The topological polar surface area (TPSA) is 76.1 Å². The first-order valence-corrected chi connectivity index (χ1v) is 9.76. The number of hydrogen-bond acceptors (Lipinski definition) is 5. The van der Waals surface area contributed by atoms with E-state index in [1.54, 1.807) is 38.5 Å². The third-order valence-electron chi connectivity index (χ3n) is 4.16. The molecule has 0 aliphatic carbocycles. The Morgan fingerprint density at radius 1 is 0.885 bits per heavy atom. The number of sulfonamides is 1. The van der Waals surface area contributed by atoms with Gasteiger partial charge in [0.05, 0.1) is 26.1 Å². The number of nitrogens with zero attached hydrogens (tertiary/aromatic N) is 1. The SMILES string of the molecule is COc1ccc(CN(Cc2ccc(OC)cc2)S(=O)(=O)[C@H](C)CO)cc1. The lowest BCUT2D eigenvalue weighted by atomic mass is 10.2. The number of aliphatic hydroxyl groups excluding tert-OH is 1. The molecule has 1 N–H and O–H groups in total. The third kappa shape index (κ3) is 4.97. The van der Waals surface area contributed by atoms with E-state index in [1.165, 1.54) is 11.2 Å². The Bertz CT molecular complexity index is 738. The van der Waals surface area contributed by atoms with Crippen molar-refractivity contribution < 1.29 is 23.0 Å². The largest absolute Gasteiger partial charge is 0.497 e. The first-order chi connectivity index (χ1) is 12.4. The van der Waals surface area contributed by atoms with Gasteiger partial charge in [0.15, 0.2) is 0 Å². The fourth-order valence-electron chi connectivity index (χ4n) is 2.45. The van der Waals surface area contributed by atoms with Crippen molar-refractivity contribution in [3.63, 3.8) is 0 Å². The number of rotatable bonds is 9. The highest BCUT2D eigenvalue weighted by Gasteiger charge is 2.28. The maximum atomic E-state index is 12.8. The van der Waals surface area contributed by atoms with Crippen LogP contribution in [0.25, 0.3) is 0 Å². The fourth-order valence-corrected chi connectivity index (χ4v) is 3.81. The molecule has 6 nitrogen and oxygen atoms in total. The second kappa shape index (κ2) is 9.02. The van der Waals surface area contributed by atoms with Crippen LogP contribution in [-0.2, 0) is 23.1 Å². The standard InChI is InChI=1S/C19H25NO5S/c1-15(14-21)26(22,23)20(12-16-4-8-18(24-2)9-5-16)13-17-6-10-19(25-3)11-7-17/h4-11,15,21H,12-14H2,1-3H3/t15-/m1/s1. The molecule has 0 bridgehead atoms. The molecule has 0 amide bonds. The van der Waals surface area contributed by atoms with E-state index in [2.05, 4.69) is 0 Å². The predicted molar refractivity (Wildman–Crippen MR) is 101 cm³/mol. The molecule has 0 aliphatic heterocycles. The number of aliphatic hydroxyl groups is 1. The summed E-state index contributed by atoms with van der Waals surface area (Å²) in [6.07, 6.45) is 0. The zero-order valence-corrected chi connectivity index (χ0v) is 16.1. The van der Waals surface area contributed by atoms with Gasteiger partial charge in [-0.05, 0) is 42.3 Å². The van der Waals surface area contributed by atoms with Crippen LogP contribution in [0.4, 0.5) is 0 Å². The smallest absolute Gasteiger partial charge is 0.219 e. The molecule has 2 aromatic carbocycles. The zero-order valence-electron chi connectivity index (χ0n) is 15.3. The minimum Gasteiger partial charge on any atom is -0.497 e. The normalized spacial score (nSPS) is 12.8. The van der Waals surface area contributed by atoms with Gasteiger partial charge >= 0.3 is 0 Å². The van der Waals surface area contributed by atoms with E-state index in [4.69, 9.17) is 9.47 Å². The molecule has 0 radical (unpaired) electrons. The van der Waals surface area contributed by atoms with Gasteiger partial charge < -0.3 is 14.6 Å². The van der Waals surface area contributed by atoms with Gasteiger partial charge in [-0.1, -0.05) is 24.3 Å². The van der Waals surface area contributed by atoms with Crippen LogP contribution in [0.15, 0.2) is 48.5 Å². The molecule has 0 unspecified atom stereocenters. The maximum Gasteiger partial charge on any atom is 0.219 e. The minimum absolute atomic E-state index is 0.211. The molecule has 0 spiro atoms. The molecule has 7 heteroatoms. The minimum atomic E-state index is -3.66. The van der Waals surface area contributed by atoms with Crippen molar-refractivity contribution >= 4 is 10.0 Å². The van der Waals surface area contributed by atoms with Crippen LogP contribution in [0, 0.1) is 0 Å². The summed E-state index contributed by atoms with van der Waals surface area (Å²) in [6, 6.07) is 14.5. The Hall–Kier alpha value is -2.09. The lowest BCUT2D eigenvalue weighted by Gasteiger charge is -2.25. The van der Waals surface area contributed by atoms with E-state index >= 15 is 0 Å². The maximum absolute atomic E-state index is 12.8. The van der Waals surface area contributed by atoms with Crippen LogP contribution in [0.5, 0.6) is 11.5 Å². The van der Waals surface area contributed by atoms with E-state index in [9.17, 15) is 13.5 Å². The molecule has 26 heavy (non-hydrogen) atoms. The molecular weight excluding hydrogens is 354 g/mol. The Balaban J connectivity index is 2.28. The van der Waals surface area contributed by atoms with Crippen molar-refractivity contribution in [2.75, 3.05) is 20.8 Å². The van der Waals surface area contributed by atoms with Crippen molar-refractivity contribution in [1.29, 1.82) is 0 Å². The summed E-state index contributed by atoms with van der Waals surface area (Å²) < 4.78 is 37.3.